The Balaban J connectivity index is 0.000000204. The number of fused-ring (bicyclic) bond motifs is 1. The Hall–Kier alpha value is -2.41. The van der Waals surface area contributed by atoms with Crippen molar-refractivity contribution < 1.29 is 14.7 Å². The van der Waals surface area contributed by atoms with E-state index in [9.17, 15) is 14.7 Å². The summed E-state index contributed by atoms with van der Waals surface area (Å²) in [6.07, 6.45) is 0.509. The third-order valence-corrected chi connectivity index (χ3v) is 6.27. The number of hydrogen-bond donors (Lipinski definition) is 2. The molecule has 1 aliphatic rings. The van der Waals surface area contributed by atoms with E-state index >= 15 is 0 Å². The zero-order valence-corrected chi connectivity index (χ0v) is 17.9. The maximum Gasteiger partial charge on any atom is 0.329 e. The van der Waals surface area contributed by atoms with Gasteiger partial charge in [0.2, 0.25) is 0 Å². The van der Waals surface area contributed by atoms with Gasteiger partial charge in [0.05, 0.1) is 0 Å². The van der Waals surface area contributed by atoms with Gasteiger partial charge in [0.1, 0.15) is 5.54 Å². The summed E-state index contributed by atoms with van der Waals surface area (Å²) in [5, 5.41) is 16.1. The molecule has 1 saturated heterocycles. The number of likely N-dealkylation sites (tertiary alicyclic amines) is 1. The van der Waals surface area contributed by atoms with E-state index in [0.29, 0.717) is 18.5 Å². The summed E-state index contributed by atoms with van der Waals surface area (Å²) in [5.41, 5.74) is 0.755. The van der Waals surface area contributed by atoms with Crippen molar-refractivity contribution in [2.75, 3.05) is 13.6 Å². The first kappa shape index (κ1) is 21.3. The Kier molecular flexibility index (Phi) is 6.57. The number of thiophene rings is 1. The van der Waals surface area contributed by atoms with Crippen LogP contribution in [0.25, 0.3) is 10.1 Å². The minimum Gasteiger partial charge on any atom is -0.480 e. The van der Waals surface area contributed by atoms with E-state index in [1.54, 1.807) is 24.3 Å². The van der Waals surface area contributed by atoms with Crippen LogP contribution in [-0.4, -0.2) is 41.0 Å². The SMILES string of the molecule is CC1(C(=O)O)CCN1C(=O)c1ccc2sccc2c1.CNCc1ccc(Cl)cc1. The summed E-state index contributed by atoms with van der Waals surface area (Å²) in [7, 11) is 1.93. The average Bonchev–Trinajstić information content (AvgIpc) is 3.16. The van der Waals surface area contributed by atoms with Crippen molar-refractivity contribution in [3.63, 3.8) is 0 Å². The quantitative estimate of drug-likeness (QED) is 0.632. The van der Waals surface area contributed by atoms with Gasteiger partial charge in [0.25, 0.3) is 5.91 Å². The molecular formula is C22H23ClN2O3S. The number of amides is 1. The number of aliphatic carboxylic acids is 1. The second-order valence-electron chi connectivity index (χ2n) is 7.12. The van der Waals surface area contributed by atoms with E-state index < -0.39 is 11.5 Å². The average molecular weight is 431 g/mol. The summed E-state index contributed by atoms with van der Waals surface area (Å²) >= 11 is 7.31. The molecule has 0 aliphatic carbocycles. The van der Waals surface area contributed by atoms with Gasteiger partial charge in [-0.05, 0) is 73.1 Å². The predicted molar refractivity (Wildman–Crippen MR) is 118 cm³/mol. The number of carboxylic acids is 1. The molecule has 5 nitrogen and oxygen atoms in total. The molecule has 0 radical (unpaired) electrons. The zero-order valence-electron chi connectivity index (χ0n) is 16.3. The van der Waals surface area contributed by atoms with Gasteiger partial charge in [0.15, 0.2) is 0 Å². The number of hydrogen-bond acceptors (Lipinski definition) is 4. The van der Waals surface area contributed by atoms with Crippen LogP contribution in [0.2, 0.25) is 5.02 Å². The number of rotatable bonds is 4. The molecule has 1 atom stereocenters. The van der Waals surface area contributed by atoms with Gasteiger partial charge in [0, 0.05) is 28.4 Å². The minimum atomic E-state index is -1.05. The fraction of sp³-hybridized carbons (Fsp3) is 0.273. The molecule has 3 aromatic rings. The van der Waals surface area contributed by atoms with Crippen LogP contribution >= 0.6 is 22.9 Å². The third kappa shape index (κ3) is 4.61. The molecule has 1 unspecified atom stereocenters. The number of benzene rings is 2. The highest BCUT2D eigenvalue weighted by Gasteiger charge is 2.49. The standard InChI is InChI=1S/C14H13NO3S.C8H10ClN/c1-14(13(17)18)5-6-15(14)12(16)10-2-3-11-9(8-10)4-7-19-11;1-10-6-7-2-4-8(9)5-3-7/h2-4,7-8H,5-6H2,1H3,(H,17,18);2-5,10H,6H2,1H3. The molecule has 1 amide bonds. The van der Waals surface area contributed by atoms with Crippen molar-refractivity contribution in [3.8, 4) is 0 Å². The van der Waals surface area contributed by atoms with Gasteiger partial charge in [-0.25, -0.2) is 4.79 Å². The molecule has 2 heterocycles. The second kappa shape index (κ2) is 8.95. The number of carbonyl (C=O) groups excluding carboxylic acids is 1. The molecule has 0 spiro atoms. The van der Waals surface area contributed by atoms with Crippen LogP contribution in [0.4, 0.5) is 0 Å². The van der Waals surface area contributed by atoms with Crippen LogP contribution in [0.1, 0.15) is 29.3 Å². The lowest BCUT2D eigenvalue weighted by molar-refractivity contribution is -0.155. The van der Waals surface area contributed by atoms with Crippen LogP contribution in [-0.2, 0) is 11.3 Å². The molecule has 1 fully saturated rings. The summed E-state index contributed by atoms with van der Waals surface area (Å²) in [5.74, 6) is -1.15. The van der Waals surface area contributed by atoms with E-state index in [1.807, 2.05) is 54.9 Å². The van der Waals surface area contributed by atoms with Gasteiger partial charge in [-0.15, -0.1) is 11.3 Å². The summed E-state index contributed by atoms with van der Waals surface area (Å²) in [6, 6.07) is 15.3. The smallest absolute Gasteiger partial charge is 0.329 e. The molecule has 4 rings (SSSR count). The first-order chi connectivity index (χ1) is 13.8. The highest BCUT2D eigenvalue weighted by atomic mass is 35.5. The normalized spacial score (nSPS) is 18.0. The maximum atomic E-state index is 12.4. The number of nitrogens with zero attached hydrogens (tertiary/aromatic N) is 1. The molecule has 0 saturated carbocycles. The summed E-state index contributed by atoms with van der Waals surface area (Å²) < 4.78 is 1.13. The predicted octanol–water partition coefficient (Wildman–Crippen LogP) is 4.65. The van der Waals surface area contributed by atoms with E-state index in [4.69, 9.17) is 11.6 Å². The van der Waals surface area contributed by atoms with Crippen molar-refractivity contribution in [1.29, 1.82) is 0 Å². The molecule has 152 valence electrons. The van der Waals surface area contributed by atoms with E-state index in [0.717, 1.165) is 21.7 Å². The number of carbonyl (C=O) groups is 2. The van der Waals surface area contributed by atoms with Crippen molar-refractivity contribution in [3.05, 3.63) is 70.1 Å². The largest absolute Gasteiger partial charge is 0.480 e. The lowest BCUT2D eigenvalue weighted by Crippen LogP contribution is -2.64. The first-order valence-corrected chi connectivity index (χ1v) is 10.5. The first-order valence-electron chi connectivity index (χ1n) is 9.27. The lowest BCUT2D eigenvalue weighted by Gasteiger charge is -2.47. The van der Waals surface area contributed by atoms with Crippen LogP contribution in [0.15, 0.2) is 53.9 Å². The molecule has 2 aromatic carbocycles. The van der Waals surface area contributed by atoms with E-state index in [2.05, 4.69) is 5.32 Å². The van der Waals surface area contributed by atoms with Crippen molar-refractivity contribution in [2.24, 2.45) is 0 Å². The molecular weight excluding hydrogens is 408 g/mol. The van der Waals surface area contributed by atoms with Gasteiger partial charge >= 0.3 is 5.97 Å². The minimum absolute atomic E-state index is 0.204. The molecule has 1 aliphatic heterocycles. The van der Waals surface area contributed by atoms with Crippen LogP contribution in [0.3, 0.4) is 0 Å². The topological polar surface area (TPSA) is 69.6 Å². The second-order valence-corrected chi connectivity index (χ2v) is 8.50. The van der Waals surface area contributed by atoms with Gasteiger partial charge in [-0.1, -0.05) is 23.7 Å². The molecule has 0 bridgehead atoms. The van der Waals surface area contributed by atoms with Gasteiger partial charge in [-0.3, -0.25) is 4.79 Å². The highest BCUT2D eigenvalue weighted by Crippen LogP contribution is 2.33. The van der Waals surface area contributed by atoms with Crippen LogP contribution < -0.4 is 5.32 Å². The Labute approximate surface area is 178 Å². The van der Waals surface area contributed by atoms with Gasteiger partial charge in [-0.2, -0.15) is 0 Å². The summed E-state index contributed by atoms with van der Waals surface area (Å²) in [6.45, 7) is 3.00. The van der Waals surface area contributed by atoms with Gasteiger partial charge < -0.3 is 15.3 Å². The fourth-order valence-corrected chi connectivity index (χ4v) is 4.07. The molecule has 29 heavy (non-hydrogen) atoms. The van der Waals surface area contributed by atoms with Crippen molar-refractivity contribution in [1.82, 2.24) is 10.2 Å². The monoisotopic (exact) mass is 430 g/mol. The maximum absolute atomic E-state index is 12.4. The van der Waals surface area contributed by atoms with E-state index in [1.165, 1.54) is 10.5 Å². The highest BCUT2D eigenvalue weighted by molar-refractivity contribution is 7.17. The Morgan fingerprint density at radius 1 is 1.21 bits per heavy atom. The van der Waals surface area contributed by atoms with Crippen LogP contribution in [0, 0.1) is 0 Å². The molecule has 2 N–H and O–H groups in total. The Morgan fingerprint density at radius 2 is 1.93 bits per heavy atom. The Morgan fingerprint density at radius 3 is 2.52 bits per heavy atom. The molecule has 7 heteroatoms. The lowest BCUT2D eigenvalue weighted by atomic mass is 9.86. The van der Waals surface area contributed by atoms with E-state index in [-0.39, 0.29) is 5.91 Å². The van der Waals surface area contributed by atoms with Crippen molar-refractivity contribution >= 4 is 44.9 Å². The zero-order chi connectivity index (χ0) is 21.0. The number of nitrogens with one attached hydrogen (secondary N) is 1. The van der Waals surface area contributed by atoms with Crippen molar-refractivity contribution in [2.45, 2.75) is 25.4 Å². The Bertz CT molecular complexity index is 1020. The number of halogens is 1. The molecule has 1 aromatic heterocycles. The number of carboxylic acid groups (broad SMARTS) is 1. The van der Waals surface area contributed by atoms with Crippen LogP contribution in [0.5, 0.6) is 0 Å². The third-order valence-electron chi connectivity index (χ3n) is 5.12. The fourth-order valence-electron chi connectivity index (χ4n) is 3.17. The summed E-state index contributed by atoms with van der Waals surface area (Å²) in [4.78, 5) is 25.0.